The molecule has 0 amide bonds. The van der Waals surface area contributed by atoms with Crippen LogP contribution in [-0.2, 0) is 4.74 Å². The molecule has 1 unspecified atom stereocenters. The van der Waals surface area contributed by atoms with E-state index in [-0.39, 0.29) is 0 Å². The summed E-state index contributed by atoms with van der Waals surface area (Å²) in [5.41, 5.74) is 0.394. The summed E-state index contributed by atoms with van der Waals surface area (Å²) in [4.78, 5) is 0. The Morgan fingerprint density at radius 3 is 2.30 bits per heavy atom. The van der Waals surface area contributed by atoms with E-state index in [0.717, 1.165) is 19.1 Å². The van der Waals surface area contributed by atoms with Crippen LogP contribution in [0, 0.1) is 11.3 Å². The first-order valence-electron chi connectivity index (χ1n) is 8.92. The molecule has 1 aliphatic rings. The van der Waals surface area contributed by atoms with Crippen LogP contribution < -0.4 is 5.32 Å². The third-order valence-corrected chi connectivity index (χ3v) is 5.21. The smallest absolute Gasteiger partial charge is 0.0533 e. The number of nitrogens with one attached hydrogen (secondary N) is 1. The van der Waals surface area contributed by atoms with Crippen molar-refractivity contribution in [1.29, 1.82) is 0 Å². The number of hydrogen-bond acceptors (Lipinski definition) is 2. The number of hydrogen-bond donors (Lipinski definition) is 1. The van der Waals surface area contributed by atoms with Crippen molar-refractivity contribution in [3.8, 4) is 0 Å². The molecule has 0 aliphatic heterocycles. The van der Waals surface area contributed by atoms with E-state index < -0.39 is 0 Å². The van der Waals surface area contributed by atoms with Crippen molar-refractivity contribution < 1.29 is 4.74 Å². The Labute approximate surface area is 127 Å². The Morgan fingerprint density at radius 1 is 1.05 bits per heavy atom. The Kier molecular flexibility index (Phi) is 9.54. The number of ether oxygens (including phenoxy) is 1. The van der Waals surface area contributed by atoms with Crippen LogP contribution in [0.5, 0.6) is 0 Å². The van der Waals surface area contributed by atoms with Crippen LogP contribution in [0.25, 0.3) is 0 Å². The van der Waals surface area contributed by atoms with Crippen LogP contribution in [0.15, 0.2) is 0 Å². The molecule has 0 saturated heterocycles. The molecule has 0 aromatic rings. The van der Waals surface area contributed by atoms with Gasteiger partial charge in [-0.25, -0.2) is 0 Å². The van der Waals surface area contributed by atoms with Crippen molar-refractivity contribution in [1.82, 2.24) is 5.32 Å². The van der Waals surface area contributed by atoms with Crippen molar-refractivity contribution in [2.45, 2.75) is 77.6 Å². The zero-order valence-electron chi connectivity index (χ0n) is 14.2. The Balaban J connectivity index is 2.43. The second-order valence-electron chi connectivity index (χ2n) is 6.82. The third kappa shape index (κ3) is 5.73. The summed E-state index contributed by atoms with van der Waals surface area (Å²) in [6, 6.07) is 0. The summed E-state index contributed by atoms with van der Waals surface area (Å²) < 4.78 is 5.63. The SMILES string of the molecule is CCCCCCCCC(CNC)(COC)C1CCCC1. The van der Waals surface area contributed by atoms with Crippen molar-refractivity contribution in [2.24, 2.45) is 11.3 Å². The van der Waals surface area contributed by atoms with Gasteiger partial charge in [0, 0.05) is 19.1 Å². The zero-order valence-corrected chi connectivity index (χ0v) is 14.2. The van der Waals surface area contributed by atoms with Gasteiger partial charge < -0.3 is 10.1 Å². The van der Waals surface area contributed by atoms with Gasteiger partial charge in [-0.1, -0.05) is 58.3 Å². The summed E-state index contributed by atoms with van der Waals surface area (Å²) in [5.74, 6) is 0.880. The largest absolute Gasteiger partial charge is 0.384 e. The average molecular weight is 284 g/mol. The van der Waals surface area contributed by atoms with Crippen molar-refractivity contribution in [3.63, 3.8) is 0 Å². The molecule has 1 N–H and O–H groups in total. The molecule has 120 valence electrons. The normalized spacial score (nSPS) is 19.4. The van der Waals surface area contributed by atoms with Gasteiger partial charge in [-0.3, -0.25) is 0 Å². The highest BCUT2D eigenvalue weighted by Gasteiger charge is 2.39. The van der Waals surface area contributed by atoms with E-state index in [1.807, 2.05) is 7.11 Å². The fraction of sp³-hybridized carbons (Fsp3) is 1.00. The minimum absolute atomic E-state index is 0.394. The standard InChI is InChI=1S/C18H37NO/c1-4-5-6-7-8-11-14-18(15-19-2,16-20-3)17-12-9-10-13-17/h17,19H,4-16H2,1-3H3. The van der Waals surface area contributed by atoms with Gasteiger partial charge in [-0.05, 0) is 32.2 Å². The fourth-order valence-corrected chi connectivity index (χ4v) is 4.11. The van der Waals surface area contributed by atoms with Gasteiger partial charge in [0.25, 0.3) is 0 Å². The molecule has 1 rings (SSSR count). The van der Waals surface area contributed by atoms with Crippen LogP contribution in [0.3, 0.4) is 0 Å². The first-order chi connectivity index (χ1) is 9.79. The van der Waals surface area contributed by atoms with Crippen molar-refractivity contribution in [2.75, 3.05) is 27.3 Å². The zero-order chi connectivity index (χ0) is 14.7. The molecule has 1 atom stereocenters. The van der Waals surface area contributed by atoms with E-state index in [1.54, 1.807) is 0 Å². The average Bonchev–Trinajstić information content (AvgIpc) is 2.97. The van der Waals surface area contributed by atoms with Crippen LogP contribution in [-0.4, -0.2) is 27.3 Å². The molecule has 0 spiro atoms. The van der Waals surface area contributed by atoms with Crippen LogP contribution in [0.2, 0.25) is 0 Å². The lowest BCUT2D eigenvalue weighted by molar-refractivity contribution is 0.0243. The van der Waals surface area contributed by atoms with Gasteiger partial charge in [0.2, 0.25) is 0 Å². The Hall–Kier alpha value is -0.0800. The van der Waals surface area contributed by atoms with E-state index in [1.165, 1.54) is 70.6 Å². The first-order valence-corrected chi connectivity index (χ1v) is 8.92. The molecule has 2 heteroatoms. The molecule has 20 heavy (non-hydrogen) atoms. The van der Waals surface area contributed by atoms with Gasteiger partial charge in [0.15, 0.2) is 0 Å². The monoisotopic (exact) mass is 283 g/mol. The topological polar surface area (TPSA) is 21.3 Å². The van der Waals surface area contributed by atoms with E-state index in [0.29, 0.717) is 5.41 Å². The summed E-state index contributed by atoms with van der Waals surface area (Å²) in [7, 11) is 3.97. The number of unbranched alkanes of at least 4 members (excludes halogenated alkanes) is 5. The molecule has 2 nitrogen and oxygen atoms in total. The summed E-state index contributed by atoms with van der Waals surface area (Å²) in [6.45, 7) is 4.35. The highest BCUT2D eigenvalue weighted by Crippen LogP contribution is 2.43. The highest BCUT2D eigenvalue weighted by atomic mass is 16.5. The Bertz CT molecular complexity index is 217. The molecule has 0 bridgehead atoms. The predicted molar refractivity (Wildman–Crippen MR) is 88.2 cm³/mol. The molecule has 1 fully saturated rings. The molecular weight excluding hydrogens is 246 g/mol. The Morgan fingerprint density at radius 2 is 1.70 bits per heavy atom. The quantitative estimate of drug-likeness (QED) is 0.520. The predicted octanol–water partition coefficient (Wildman–Crippen LogP) is 4.78. The van der Waals surface area contributed by atoms with Gasteiger partial charge >= 0.3 is 0 Å². The lowest BCUT2D eigenvalue weighted by Gasteiger charge is -2.39. The van der Waals surface area contributed by atoms with Gasteiger partial charge in [0.1, 0.15) is 0 Å². The molecule has 0 heterocycles. The second kappa shape index (κ2) is 10.6. The van der Waals surface area contributed by atoms with Gasteiger partial charge in [0.05, 0.1) is 6.61 Å². The van der Waals surface area contributed by atoms with Crippen LogP contribution in [0.4, 0.5) is 0 Å². The maximum absolute atomic E-state index is 5.63. The fourth-order valence-electron chi connectivity index (χ4n) is 4.11. The maximum Gasteiger partial charge on any atom is 0.0533 e. The maximum atomic E-state index is 5.63. The molecular formula is C18H37NO. The van der Waals surface area contributed by atoms with E-state index in [4.69, 9.17) is 4.74 Å². The first kappa shape index (κ1) is 18.0. The highest BCUT2D eigenvalue weighted by molar-refractivity contribution is 4.90. The van der Waals surface area contributed by atoms with Crippen molar-refractivity contribution in [3.05, 3.63) is 0 Å². The number of rotatable bonds is 12. The summed E-state index contributed by atoms with van der Waals surface area (Å²) in [6.07, 6.45) is 15.4. The minimum atomic E-state index is 0.394. The van der Waals surface area contributed by atoms with E-state index in [9.17, 15) is 0 Å². The lowest BCUT2D eigenvalue weighted by atomic mass is 9.71. The molecule has 0 radical (unpaired) electrons. The van der Waals surface area contributed by atoms with Crippen molar-refractivity contribution >= 4 is 0 Å². The van der Waals surface area contributed by atoms with Crippen LogP contribution in [0.1, 0.15) is 77.6 Å². The molecule has 1 aliphatic carbocycles. The molecule has 1 saturated carbocycles. The van der Waals surface area contributed by atoms with Gasteiger partial charge in [-0.15, -0.1) is 0 Å². The third-order valence-electron chi connectivity index (χ3n) is 5.21. The number of methoxy groups -OCH3 is 1. The van der Waals surface area contributed by atoms with E-state index in [2.05, 4.69) is 19.3 Å². The van der Waals surface area contributed by atoms with E-state index >= 15 is 0 Å². The molecule has 0 aromatic heterocycles. The lowest BCUT2D eigenvalue weighted by Crippen LogP contribution is -2.42. The second-order valence-corrected chi connectivity index (χ2v) is 6.82. The van der Waals surface area contributed by atoms with Gasteiger partial charge in [-0.2, -0.15) is 0 Å². The minimum Gasteiger partial charge on any atom is -0.384 e. The van der Waals surface area contributed by atoms with Crippen LogP contribution >= 0.6 is 0 Å². The summed E-state index contributed by atoms with van der Waals surface area (Å²) in [5, 5.41) is 3.45. The molecule has 0 aromatic carbocycles. The summed E-state index contributed by atoms with van der Waals surface area (Å²) >= 11 is 0.